The number of benzene rings is 1. The van der Waals surface area contributed by atoms with E-state index in [1.807, 2.05) is 30.5 Å². The summed E-state index contributed by atoms with van der Waals surface area (Å²) in [6, 6.07) is 15.5. The molecule has 2 heterocycles. The Hall–Kier alpha value is -1.67. The van der Waals surface area contributed by atoms with Gasteiger partial charge in [0.2, 0.25) is 0 Å². The second kappa shape index (κ2) is 3.48. The lowest BCUT2D eigenvalue weighted by Gasteiger charge is -1.99. The smallest absolute Gasteiger partial charge is 0.0702 e. The maximum absolute atomic E-state index is 4.32. The Balaban J connectivity index is 2.19. The molecule has 0 fully saturated rings. The molecule has 71 valence electrons. The first-order valence-electron chi connectivity index (χ1n) is 4.74. The highest BCUT2D eigenvalue weighted by Crippen LogP contribution is 2.25. The number of rotatable bonds is 1. The maximum atomic E-state index is 4.32. The first kappa shape index (κ1) is 8.62. The van der Waals surface area contributed by atoms with E-state index < -0.39 is 0 Å². The molecule has 0 atom stereocenters. The molecule has 0 aliphatic heterocycles. The topological polar surface area (TPSA) is 12.9 Å². The molecular weight excluding hydrogens is 202 g/mol. The fourth-order valence-electron chi connectivity index (χ4n) is 1.58. The number of nitrogens with zero attached hydrogens (tertiary/aromatic N) is 1. The average Bonchev–Trinajstić information content (AvgIpc) is 2.77. The third kappa shape index (κ3) is 1.53. The molecule has 3 aromatic rings. The van der Waals surface area contributed by atoms with Crippen LogP contribution in [0.5, 0.6) is 0 Å². The van der Waals surface area contributed by atoms with Crippen molar-refractivity contribution < 1.29 is 0 Å². The van der Waals surface area contributed by atoms with Gasteiger partial charge < -0.3 is 0 Å². The van der Waals surface area contributed by atoms with Gasteiger partial charge in [-0.15, -0.1) is 11.3 Å². The van der Waals surface area contributed by atoms with E-state index in [4.69, 9.17) is 0 Å². The number of pyridine rings is 1. The Bertz CT molecular complexity index is 584. The van der Waals surface area contributed by atoms with Gasteiger partial charge in [0.15, 0.2) is 0 Å². The number of aromatic nitrogens is 1. The third-order valence-electron chi connectivity index (χ3n) is 2.33. The molecule has 0 bridgehead atoms. The molecule has 3 rings (SSSR count). The highest BCUT2D eigenvalue weighted by molar-refractivity contribution is 7.17. The molecule has 0 saturated heterocycles. The monoisotopic (exact) mass is 210 g/mol. The lowest BCUT2D eigenvalue weighted by atomic mass is 10.1. The molecule has 0 amide bonds. The van der Waals surface area contributed by atoms with Gasteiger partial charge in [-0.1, -0.05) is 6.07 Å². The third-order valence-corrected chi connectivity index (χ3v) is 3.19. The Morgan fingerprint density at radius 2 is 2.20 bits per heavy atom. The summed E-state index contributed by atoms with van der Waals surface area (Å²) in [5, 5.41) is 3.33. The minimum Gasteiger partial charge on any atom is -0.256 e. The molecular formula is C13H8NS. The van der Waals surface area contributed by atoms with Crippen molar-refractivity contribution >= 4 is 21.4 Å². The van der Waals surface area contributed by atoms with Gasteiger partial charge in [-0.2, -0.15) is 0 Å². The van der Waals surface area contributed by atoms with Gasteiger partial charge in [0.05, 0.1) is 5.69 Å². The SMILES string of the molecule is [c]1cc(-c2ccccn2)cc2ccsc12. The number of hydrogen-bond acceptors (Lipinski definition) is 2. The van der Waals surface area contributed by atoms with E-state index in [0.717, 1.165) is 11.3 Å². The normalized spacial score (nSPS) is 10.7. The minimum absolute atomic E-state index is 1.00. The van der Waals surface area contributed by atoms with Gasteiger partial charge in [-0.3, -0.25) is 4.98 Å². The molecule has 0 aliphatic carbocycles. The fraction of sp³-hybridized carbons (Fsp3) is 0. The zero-order valence-corrected chi connectivity index (χ0v) is 8.79. The van der Waals surface area contributed by atoms with Crippen molar-refractivity contribution in [2.75, 3.05) is 0 Å². The van der Waals surface area contributed by atoms with Crippen LogP contribution in [0.1, 0.15) is 0 Å². The van der Waals surface area contributed by atoms with E-state index in [2.05, 4.69) is 28.6 Å². The van der Waals surface area contributed by atoms with Crippen molar-refractivity contribution in [3.05, 3.63) is 54.0 Å². The molecule has 1 aromatic carbocycles. The Labute approximate surface area is 92.0 Å². The van der Waals surface area contributed by atoms with Gasteiger partial charge in [0.1, 0.15) is 0 Å². The highest BCUT2D eigenvalue weighted by Gasteiger charge is 2.00. The quantitative estimate of drug-likeness (QED) is 0.596. The first-order valence-corrected chi connectivity index (χ1v) is 5.62. The molecule has 2 aromatic heterocycles. The fourth-order valence-corrected chi connectivity index (χ4v) is 2.32. The molecule has 1 nitrogen and oxygen atoms in total. The van der Waals surface area contributed by atoms with Crippen molar-refractivity contribution in [1.82, 2.24) is 4.98 Å². The van der Waals surface area contributed by atoms with Crippen LogP contribution in [-0.2, 0) is 0 Å². The summed E-state index contributed by atoms with van der Waals surface area (Å²) >= 11 is 1.72. The van der Waals surface area contributed by atoms with Crippen LogP contribution >= 0.6 is 11.3 Å². The summed E-state index contributed by atoms with van der Waals surface area (Å²) in [4.78, 5) is 4.32. The minimum atomic E-state index is 1.00. The standard InChI is InChI=1S/C13H8NS/c1-2-7-14-12(3-1)10-4-5-13-11(9-10)6-8-15-13/h1-4,6-9H. The predicted octanol–water partition coefficient (Wildman–Crippen LogP) is 3.76. The summed E-state index contributed by atoms with van der Waals surface area (Å²) in [7, 11) is 0. The second-order valence-corrected chi connectivity index (χ2v) is 4.22. The van der Waals surface area contributed by atoms with Crippen LogP contribution in [0.25, 0.3) is 21.3 Å². The molecule has 0 unspecified atom stereocenters. The van der Waals surface area contributed by atoms with E-state index >= 15 is 0 Å². The molecule has 0 spiro atoms. The van der Waals surface area contributed by atoms with Gasteiger partial charge in [0, 0.05) is 22.5 Å². The van der Waals surface area contributed by atoms with Crippen molar-refractivity contribution in [1.29, 1.82) is 0 Å². The van der Waals surface area contributed by atoms with E-state index in [9.17, 15) is 0 Å². The largest absolute Gasteiger partial charge is 0.256 e. The van der Waals surface area contributed by atoms with Crippen LogP contribution in [-0.4, -0.2) is 4.98 Å². The van der Waals surface area contributed by atoms with Crippen molar-refractivity contribution in [3.63, 3.8) is 0 Å². The van der Waals surface area contributed by atoms with E-state index in [1.165, 1.54) is 10.1 Å². The van der Waals surface area contributed by atoms with Crippen LogP contribution in [0.3, 0.4) is 0 Å². The van der Waals surface area contributed by atoms with Crippen molar-refractivity contribution in [3.8, 4) is 11.3 Å². The van der Waals surface area contributed by atoms with Crippen LogP contribution in [0.15, 0.2) is 48.0 Å². The van der Waals surface area contributed by atoms with Gasteiger partial charge >= 0.3 is 0 Å². The zero-order valence-electron chi connectivity index (χ0n) is 7.97. The molecule has 0 N–H and O–H groups in total. The molecule has 0 saturated carbocycles. The Kier molecular flexibility index (Phi) is 2.00. The van der Waals surface area contributed by atoms with Crippen LogP contribution in [0.2, 0.25) is 0 Å². The molecule has 0 aliphatic rings. The van der Waals surface area contributed by atoms with Crippen LogP contribution < -0.4 is 0 Å². The van der Waals surface area contributed by atoms with E-state index in [1.54, 1.807) is 11.3 Å². The lowest BCUT2D eigenvalue weighted by Crippen LogP contribution is -1.80. The Morgan fingerprint density at radius 1 is 1.20 bits per heavy atom. The van der Waals surface area contributed by atoms with Crippen molar-refractivity contribution in [2.24, 2.45) is 0 Å². The number of fused-ring (bicyclic) bond motifs is 1. The lowest BCUT2D eigenvalue weighted by molar-refractivity contribution is 1.33. The van der Waals surface area contributed by atoms with Crippen LogP contribution in [0.4, 0.5) is 0 Å². The van der Waals surface area contributed by atoms with Gasteiger partial charge in [-0.05, 0) is 41.1 Å². The first-order chi connectivity index (χ1) is 7.43. The summed E-state index contributed by atoms with van der Waals surface area (Å²) in [5.41, 5.74) is 2.13. The predicted molar refractivity (Wildman–Crippen MR) is 63.9 cm³/mol. The number of hydrogen-bond donors (Lipinski definition) is 0. The molecule has 1 radical (unpaired) electrons. The maximum Gasteiger partial charge on any atom is 0.0702 e. The highest BCUT2D eigenvalue weighted by atomic mass is 32.1. The second-order valence-electron chi connectivity index (χ2n) is 3.31. The average molecular weight is 210 g/mol. The van der Waals surface area contributed by atoms with E-state index in [0.29, 0.717) is 0 Å². The Morgan fingerprint density at radius 3 is 3.07 bits per heavy atom. The zero-order chi connectivity index (χ0) is 10.1. The summed E-state index contributed by atoms with van der Waals surface area (Å²) in [6.07, 6.45) is 1.81. The van der Waals surface area contributed by atoms with Gasteiger partial charge in [-0.25, -0.2) is 0 Å². The van der Waals surface area contributed by atoms with Gasteiger partial charge in [0.25, 0.3) is 0 Å². The van der Waals surface area contributed by atoms with E-state index in [-0.39, 0.29) is 0 Å². The summed E-state index contributed by atoms with van der Waals surface area (Å²) in [5.74, 6) is 0. The number of thiophene rings is 1. The summed E-state index contributed by atoms with van der Waals surface area (Å²) in [6.45, 7) is 0. The van der Waals surface area contributed by atoms with Crippen LogP contribution in [0, 0.1) is 6.07 Å². The molecule has 15 heavy (non-hydrogen) atoms. The molecule has 2 heteroatoms. The summed E-state index contributed by atoms with van der Waals surface area (Å²) < 4.78 is 1.20. The van der Waals surface area contributed by atoms with Crippen molar-refractivity contribution in [2.45, 2.75) is 0 Å².